The zero-order chi connectivity index (χ0) is 14.3. The summed E-state index contributed by atoms with van der Waals surface area (Å²) in [6.45, 7) is 9.88. The van der Waals surface area contributed by atoms with Gasteiger partial charge in [-0.3, -0.25) is 4.79 Å². The Bertz CT molecular complexity index is 386. The molecule has 0 aromatic carbocycles. The fourth-order valence-corrected chi connectivity index (χ4v) is 1.68. The molecule has 1 heterocycles. The summed E-state index contributed by atoms with van der Waals surface area (Å²) in [5.41, 5.74) is 1.02. The van der Waals surface area contributed by atoms with Gasteiger partial charge in [-0.1, -0.05) is 32.9 Å². The highest BCUT2D eigenvalue weighted by atomic mass is 16.5. The lowest BCUT2D eigenvalue weighted by molar-refractivity contribution is -0.123. The predicted molar refractivity (Wildman–Crippen MR) is 73.8 cm³/mol. The molecule has 0 aliphatic rings. The van der Waals surface area contributed by atoms with Gasteiger partial charge in [-0.2, -0.15) is 0 Å². The molecule has 0 saturated carbocycles. The maximum Gasteiger partial charge on any atom is 0.137 e. The van der Waals surface area contributed by atoms with Crippen molar-refractivity contribution in [1.29, 1.82) is 0 Å². The first kappa shape index (κ1) is 15.8. The largest absolute Gasteiger partial charge is 0.379 e. The fraction of sp³-hybridized carbons (Fsp3) is 0.786. The van der Waals surface area contributed by atoms with E-state index >= 15 is 0 Å². The van der Waals surface area contributed by atoms with Crippen LogP contribution >= 0.6 is 0 Å². The number of hydrogen-bond donors (Lipinski definition) is 0. The lowest BCUT2D eigenvalue weighted by Gasteiger charge is -2.05. The second kappa shape index (κ2) is 8.04. The molecule has 108 valence electrons. The average Bonchev–Trinajstić information content (AvgIpc) is 2.75. The molecule has 0 atom stereocenters. The summed E-state index contributed by atoms with van der Waals surface area (Å²) in [5.74, 6) is 0.931. The molecule has 1 aromatic heterocycles. The Morgan fingerprint density at radius 1 is 1.32 bits per heavy atom. The van der Waals surface area contributed by atoms with Gasteiger partial charge in [-0.05, 0) is 12.3 Å². The molecule has 0 radical (unpaired) electrons. The third-order valence-corrected chi connectivity index (χ3v) is 2.80. The second-order valence-corrected chi connectivity index (χ2v) is 5.55. The van der Waals surface area contributed by atoms with Gasteiger partial charge in [-0.25, -0.2) is 4.68 Å². The standard InChI is InChI=1S/C14H25N3O2/c1-11(2)9-13-10-17(16-15-13)6-8-19-7-5-14(18)12(3)4/h10-12H,5-9H2,1-4H3. The monoisotopic (exact) mass is 267 g/mol. The molecule has 1 aromatic rings. The number of rotatable bonds is 9. The van der Waals surface area contributed by atoms with Gasteiger partial charge in [0.2, 0.25) is 0 Å². The molecule has 0 aliphatic carbocycles. The number of nitrogens with zero attached hydrogens (tertiary/aromatic N) is 3. The maximum absolute atomic E-state index is 11.4. The lowest BCUT2D eigenvalue weighted by atomic mass is 10.1. The smallest absolute Gasteiger partial charge is 0.137 e. The maximum atomic E-state index is 11.4. The summed E-state index contributed by atoms with van der Waals surface area (Å²) in [5, 5.41) is 8.16. The van der Waals surface area contributed by atoms with E-state index in [0.29, 0.717) is 32.1 Å². The normalized spacial score (nSPS) is 11.5. The predicted octanol–water partition coefficient (Wildman–Crippen LogP) is 2.11. The van der Waals surface area contributed by atoms with E-state index in [-0.39, 0.29) is 11.7 Å². The lowest BCUT2D eigenvalue weighted by Crippen LogP contribution is -2.12. The van der Waals surface area contributed by atoms with Crippen molar-refractivity contribution in [3.63, 3.8) is 0 Å². The highest BCUT2D eigenvalue weighted by Gasteiger charge is 2.06. The molecule has 1 rings (SSSR count). The summed E-state index contributed by atoms with van der Waals surface area (Å²) >= 11 is 0. The van der Waals surface area contributed by atoms with Crippen LogP contribution < -0.4 is 0 Å². The van der Waals surface area contributed by atoms with Crippen LogP contribution in [-0.4, -0.2) is 34.0 Å². The quantitative estimate of drug-likeness (QED) is 0.643. The third kappa shape index (κ3) is 6.47. The molecule has 0 amide bonds. The van der Waals surface area contributed by atoms with Crippen LogP contribution in [0.4, 0.5) is 0 Å². The van der Waals surface area contributed by atoms with Crippen molar-refractivity contribution in [1.82, 2.24) is 15.0 Å². The SMILES string of the molecule is CC(C)Cc1cn(CCOCCC(=O)C(C)C)nn1. The van der Waals surface area contributed by atoms with Crippen LogP contribution in [0.25, 0.3) is 0 Å². The number of ketones is 1. The van der Waals surface area contributed by atoms with Crippen LogP contribution in [0.15, 0.2) is 6.20 Å². The highest BCUT2D eigenvalue weighted by molar-refractivity contribution is 5.80. The molecule has 0 aliphatic heterocycles. The van der Waals surface area contributed by atoms with Crippen LogP contribution in [0.3, 0.4) is 0 Å². The van der Waals surface area contributed by atoms with E-state index in [1.165, 1.54) is 0 Å². The van der Waals surface area contributed by atoms with Crippen LogP contribution in [0, 0.1) is 11.8 Å². The minimum absolute atomic E-state index is 0.0949. The summed E-state index contributed by atoms with van der Waals surface area (Å²) < 4.78 is 7.23. The zero-order valence-corrected chi connectivity index (χ0v) is 12.4. The molecule has 0 unspecified atom stereocenters. The van der Waals surface area contributed by atoms with E-state index in [4.69, 9.17) is 4.74 Å². The van der Waals surface area contributed by atoms with Crippen molar-refractivity contribution in [3.05, 3.63) is 11.9 Å². The number of Topliss-reactive ketones (excluding diaryl/α,β-unsaturated/α-hetero) is 1. The first-order valence-electron chi connectivity index (χ1n) is 6.98. The van der Waals surface area contributed by atoms with Gasteiger partial charge < -0.3 is 4.74 Å². The second-order valence-electron chi connectivity index (χ2n) is 5.55. The zero-order valence-electron chi connectivity index (χ0n) is 12.4. The van der Waals surface area contributed by atoms with Crippen molar-refractivity contribution >= 4 is 5.78 Å². The van der Waals surface area contributed by atoms with Gasteiger partial charge in [0.25, 0.3) is 0 Å². The first-order chi connectivity index (χ1) is 8.99. The average molecular weight is 267 g/mol. The summed E-state index contributed by atoms with van der Waals surface area (Å²) in [4.78, 5) is 11.4. The topological polar surface area (TPSA) is 57.0 Å². The minimum Gasteiger partial charge on any atom is -0.379 e. The molecule has 0 spiro atoms. The Kier molecular flexibility index (Phi) is 6.70. The number of aromatic nitrogens is 3. The summed E-state index contributed by atoms with van der Waals surface area (Å²) in [6, 6.07) is 0. The van der Waals surface area contributed by atoms with Gasteiger partial charge in [-0.15, -0.1) is 5.10 Å². The van der Waals surface area contributed by atoms with Gasteiger partial charge in [0, 0.05) is 18.5 Å². The van der Waals surface area contributed by atoms with E-state index in [1.54, 1.807) is 4.68 Å². The van der Waals surface area contributed by atoms with Crippen molar-refractivity contribution in [3.8, 4) is 0 Å². The summed E-state index contributed by atoms with van der Waals surface area (Å²) in [6.07, 6.45) is 3.40. The van der Waals surface area contributed by atoms with E-state index < -0.39 is 0 Å². The molecule has 5 nitrogen and oxygen atoms in total. The van der Waals surface area contributed by atoms with Gasteiger partial charge in [0.15, 0.2) is 0 Å². The summed E-state index contributed by atoms with van der Waals surface area (Å²) in [7, 11) is 0. The molecule has 0 fully saturated rings. The van der Waals surface area contributed by atoms with Crippen molar-refractivity contribution in [2.45, 2.75) is 47.1 Å². The van der Waals surface area contributed by atoms with Crippen LogP contribution in [0.1, 0.15) is 39.8 Å². The Hall–Kier alpha value is -1.23. The molecule has 0 saturated heterocycles. The first-order valence-corrected chi connectivity index (χ1v) is 6.98. The number of carbonyl (C=O) groups is 1. The minimum atomic E-state index is 0.0949. The Balaban J connectivity index is 2.16. The number of hydrogen-bond acceptors (Lipinski definition) is 4. The van der Waals surface area contributed by atoms with Crippen molar-refractivity contribution in [2.24, 2.45) is 11.8 Å². The molecular weight excluding hydrogens is 242 g/mol. The van der Waals surface area contributed by atoms with Gasteiger partial charge in [0.1, 0.15) is 5.78 Å². The Morgan fingerprint density at radius 2 is 2.05 bits per heavy atom. The highest BCUT2D eigenvalue weighted by Crippen LogP contribution is 2.03. The molecule has 0 bridgehead atoms. The van der Waals surface area contributed by atoms with E-state index in [2.05, 4.69) is 24.2 Å². The van der Waals surface area contributed by atoms with Crippen molar-refractivity contribution in [2.75, 3.05) is 13.2 Å². The Morgan fingerprint density at radius 3 is 2.68 bits per heavy atom. The van der Waals surface area contributed by atoms with Crippen LogP contribution in [0.5, 0.6) is 0 Å². The van der Waals surface area contributed by atoms with E-state index in [1.807, 2.05) is 20.0 Å². The third-order valence-electron chi connectivity index (χ3n) is 2.80. The fourth-order valence-electron chi connectivity index (χ4n) is 1.68. The number of carbonyl (C=O) groups excluding carboxylic acids is 1. The van der Waals surface area contributed by atoms with Gasteiger partial charge in [0.05, 0.1) is 25.5 Å². The number of ether oxygens (including phenoxy) is 1. The van der Waals surface area contributed by atoms with Crippen LogP contribution in [0.2, 0.25) is 0 Å². The van der Waals surface area contributed by atoms with Crippen LogP contribution in [-0.2, 0) is 22.5 Å². The van der Waals surface area contributed by atoms with Crippen molar-refractivity contribution < 1.29 is 9.53 Å². The molecule has 19 heavy (non-hydrogen) atoms. The van der Waals surface area contributed by atoms with Gasteiger partial charge >= 0.3 is 0 Å². The van der Waals surface area contributed by atoms with E-state index in [0.717, 1.165) is 12.1 Å². The molecule has 0 N–H and O–H groups in total. The Labute approximate surface area is 115 Å². The molecule has 5 heteroatoms. The van der Waals surface area contributed by atoms with E-state index in [9.17, 15) is 4.79 Å². The molecular formula is C14H25N3O2.